The largest absolute Gasteiger partial charge is 0.481 e. The molecule has 6 heteroatoms. The summed E-state index contributed by atoms with van der Waals surface area (Å²) in [4.78, 5) is 23.6. The van der Waals surface area contributed by atoms with E-state index >= 15 is 0 Å². The maximum Gasteiger partial charge on any atom is 0.305 e. The molecule has 5 nitrogen and oxygen atoms in total. The van der Waals surface area contributed by atoms with E-state index in [4.69, 9.17) is 22.4 Å². The van der Waals surface area contributed by atoms with Crippen molar-refractivity contribution in [3.05, 3.63) is 28.8 Å². The third kappa shape index (κ3) is 3.64. The van der Waals surface area contributed by atoms with Crippen LogP contribution in [0.25, 0.3) is 0 Å². The van der Waals surface area contributed by atoms with Gasteiger partial charge in [0.2, 0.25) is 0 Å². The molecule has 0 saturated carbocycles. The highest BCUT2D eigenvalue weighted by Gasteiger charge is 2.13. The number of carboxylic acid groups (broad SMARTS) is 1. The van der Waals surface area contributed by atoms with Crippen LogP contribution in [0, 0.1) is 0 Å². The Kier molecular flexibility index (Phi) is 4.34. The molecule has 1 aromatic rings. The Bertz CT molecular complexity index is 448. The molecule has 0 bridgehead atoms. The lowest BCUT2D eigenvalue weighted by molar-refractivity contribution is -0.137. The number of hydrogen-bond acceptors (Lipinski definition) is 3. The van der Waals surface area contributed by atoms with Crippen molar-refractivity contribution in [3.8, 4) is 0 Å². The number of hydrogen-bond donors (Lipinski definition) is 2. The predicted octanol–water partition coefficient (Wildman–Crippen LogP) is 1.47. The second kappa shape index (κ2) is 5.54. The van der Waals surface area contributed by atoms with Gasteiger partial charge in [0.25, 0.3) is 5.91 Å². The highest BCUT2D eigenvalue weighted by molar-refractivity contribution is 6.33. The molecule has 0 heterocycles. The van der Waals surface area contributed by atoms with Crippen molar-refractivity contribution in [1.29, 1.82) is 0 Å². The minimum atomic E-state index is -0.944. The predicted molar refractivity (Wildman–Crippen MR) is 65.1 cm³/mol. The molecule has 0 fully saturated rings. The van der Waals surface area contributed by atoms with Crippen LogP contribution in [0.5, 0.6) is 0 Å². The van der Waals surface area contributed by atoms with Crippen molar-refractivity contribution >= 4 is 29.2 Å². The number of nitrogens with zero attached hydrogens (tertiary/aromatic N) is 1. The first-order valence-corrected chi connectivity index (χ1v) is 5.32. The molecule has 1 amide bonds. The van der Waals surface area contributed by atoms with E-state index in [-0.39, 0.29) is 18.9 Å². The summed E-state index contributed by atoms with van der Waals surface area (Å²) < 4.78 is 0. The zero-order valence-electron chi connectivity index (χ0n) is 9.31. The SMILES string of the molecule is CN(CCC(=O)O)C(=O)c1ccc(N)c(Cl)c1. The number of rotatable bonds is 4. The maximum atomic E-state index is 11.9. The number of carbonyl (C=O) groups excluding carboxylic acids is 1. The molecule has 3 N–H and O–H groups in total. The molecule has 0 unspecified atom stereocenters. The topological polar surface area (TPSA) is 83.6 Å². The van der Waals surface area contributed by atoms with Crippen molar-refractivity contribution in [2.75, 3.05) is 19.3 Å². The standard InChI is InChI=1S/C11H13ClN2O3/c1-14(5-4-10(15)16)11(17)7-2-3-9(13)8(12)6-7/h2-3,6H,4-5,13H2,1H3,(H,15,16). The lowest BCUT2D eigenvalue weighted by atomic mass is 10.2. The van der Waals surface area contributed by atoms with Crippen LogP contribution in [0.15, 0.2) is 18.2 Å². The van der Waals surface area contributed by atoms with Crippen LogP contribution in [-0.2, 0) is 4.79 Å². The maximum absolute atomic E-state index is 11.9. The fourth-order valence-corrected chi connectivity index (χ4v) is 1.43. The van der Waals surface area contributed by atoms with Crippen molar-refractivity contribution in [2.24, 2.45) is 0 Å². The summed E-state index contributed by atoms with van der Waals surface area (Å²) in [6, 6.07) is 4.57. The molecule has 0 aromatic heterocycles. The molecule has 1 aromatic carbocycles. The van der Waals surface area contributed by atoms with Gasteiger partial charge in [-0.15, -0.1) is 0 Å². The molecule has 0 aliphatic rings. The van der Waals surface area contributed by atoms with Crippen molar-refractivity contribution < 1.29 is 14.7 Å². The van der Waals surface area contributed by atoms with Gasteiger partial charge >= 0.3 is 5.97 Å². The molecule has 0 saturated heterocycles. The van der Waals surface area contributed by atoms with Crippen molar-refractivity contribution in [2.45, 2.75) is 6.42 Å². The average molecular weight is 257 g/mol. The van der Waals surface area contributed by atoms with E-state index in [1.54, 1.807) is 12.1 Å². The molecule has 1 rings (SSSR count). The van der Waals surface area contributed by atoms with E-state index in [1.165, 1.54) is 18.0 Å². The lowest BCUT2D eigenvalue weighted by Gasteiger charge is -2.16. The fraction of sp³-hybridized carbons (Fsp3) is 0.273. The Morgan fingerprint density at radius 2 is 2.12 bits per heavy atom. The van der Waals surface area contributed by atoms with Gasteiger partial charge in [0.15, 0.2) is 0 Å². The van der Waals surface area contributed by atoms with Crippen LogP contribution in [-0.4, -0.2) is 35.5 Å². The van der Waals surface area contributed by atoms with Gasteiger partial charge in [-0.1, -0.05) is 11.6 Å². The number of halogens is 1. The van der Waals surface area contributed by atoms with Gasteiger partial charge in [0, 0.05) is 19.2 Å². The smallest absolute Gasteiger partial charge is 0.305 e. The third-order valence-corrected chi connectivity index (χ3v) is 2.58. The van der Waals surface area contributed by atoms with Crippen LogP contribution < -0.4 is 5.73 Å². The Balaban J connectivity index is 2.74. The molecule has 0 radical (unpaired) electrons. The second-order valence-electron chi connectivity index (χ2n) is 3.61. The van der Waals surface area contributed by atoms with Crippen molar-refractivity contribution in [1.82, 2.24) is 4.90 Å². The Morgan fingerprint density at radius 3 is 2.65 bits per heavy atom. The first kappa shape index (κ1) is 13.3. The number of carboxylic acids is 1. The Hall–Kier alpha value is -1.75. The number of anilines is 1. The van der Waals surface area contributed by atoms with Crippen LogP contribution in [0.4, 0.5) is 5.69 Å². The van der Waals surface area contributed by atoms with Gasteiger partial charge in [0.1, 0.15) is 0 Å². The second-order valence-corrected chi connectivity index (χ2v) is 4.01. The number of benzene rings is 1. The zero-order valence-corrected chi connectivity index (χ0v) is 10.1. The summed E-state index contributed by atoms with van der Waals surface area (Å²) >= 11 is 5.80. The van der Waals surface area contributed by atoms with E-state index < -0.39 is 5.97 Å². The molecular weight excluding hydrogens is 244 g/mol. The molecule has 0 aliphatic carbocycles. The van der Waals surface area contributed by atoms with Gasteiger partial charge in [-0.05, 0) is 18.2 Å². The third-order valence-electron chi connectivity index (χ3n) is 2.26. The van der Waals surface area contributed by atoms with E-state index in [0.717, 1.165) is 0 Å². The fourth-order valence-electron chi connectivity index (χ4n) is 1.25. The Labute approximate surface area is 104 Å². The van der Waals surface area contributed by atoms with Gasteiger partial charge in [-0.3, -0.25) is 9.59 Å². The minimum Gasteiger partial charge on any atom is -0.481 e. The first-order valence-electron chi connectivity index (χ1n) is 4.94. The quantitative estimate of drug-likeness (QED) is 0.799. The van der Waals surface area contributed by atoms with Crippen LogP contribution in [0.3, 0.4) is 0 Å². The molecule has 0 spiro atoms. The van der Waals surface area contributed by atoms with Crippen molar-refractivity contribution in [3.63, 3.8) is 0 Å². The van der Waals surface area contributed by atoms with Gasteiger partial charge in [0.05, 0.1) is 17.1 Å². The number of nitrogen functional groups attached to an aromatic ring is 1. The number of aliphatic carboxylic acids is 1. The van der Waals surface area contributed by atoms with Gasteiger partial charge < -0.3 is 15.7 Å². The summed E-state index contributed by atoms with van der Waals surface area (Å²) in [7, 11) is 1.54. The normalized spacial score (nSPS) is 10.0. The molecule has 0 aliphatic heterocycles. The first-order chi connectivity index (χ1) is 7.91. The molecule has 17 heavy (non-hydrogen) atoms. The number of amides is 1. The van der Waals surface area contributed by atoms with Gasteiger partial charge in [-0.25, -0.2) is 0 Å². The molecular formula is C11H13ClN2O3. The minimum absolute atomic E-state index is 0.0923. The lowest BCUT2D eigenvalue weighted by Crippen LogP contribution is -2.29. The highest BCUT2D eigenvalue weighted by Crippen LogP contribution is 2.20. The van der Waals surface area contributed by atoms with E-state index in [1.807, 2.05) is 0 Å². The van der Waals surface area contributed by atoms with Gasteiger partial charge in [-0.2, -0.15) is 0 Å². The summed E-state index contributed by atoms with van der Waals surface area (Å²) in [5, 5.41) is 8.83. The molecule has 0 atom stereocenters. The van der Waals surface area contributed by atoms with E-state index in [2.05, 4.69) is 0 Å². The average Bonchev–Trinajstić information content (AvgIpc) is 2.28. The van der Waals surface area contributed by atoms with E-state index in [9.17, 15) is 9.59 Å². The summed E-state index contributed by atoms with van der Waals surface area (Å²) in [6.07, 6.45) is -0.0923. The monoisotopic (exact) mass is 256 g/mol. The van der Waals surface area contributed by atoms with E-state index in [0.29, 0.717) is 16.3 Å². The Morgan fingerprint density at radius 1 is 1.47 bits per heavy atom. The highest BCUT2D eigenvalue weighted by atomic mass is 35.5. The number of nitrogens with two attached hydrogens (primary N) is 1. The summed E-state index contributed by atoms with van der Waals surface area (Å²) in [5.74, 6) is -1.23. The van der Waals surface area contributed by atoms with Crippen LogP contribution >= 0.6 is 11.6 Å². The zero-order chi connectivity index (χ0) is 13.0. The summed E-state index contributed by atoms with van der Waals surface area (Å²) in [6.45, 7) is 0.149. The molecule has 92 valence electrons. The summed E-state index contributed by atoms with van der Waals surface area (Å²) in [5.41, 5.74) is 6.31. The van der Waals surface area contributed by atoms with Crippen LogP contribution in [0.1, 0.15) is 16.8 Å². The van der Waals surface area contributed by atoms with Crippen LogP contribution in [0.2, 0.25) is 5.02 Å². The number of carbonyl (C=O) groups is 2.